The number of rotatable bonds is 1. The van der Waals surface area contributed by atoms with Gasteiger partial charge in [-0.3, -0.25) is 9.59 Å². The van der Waals surface area contributed by atoms with Crippen LogP contribution in [0.3, 0.4) is 0 Å². The van der Waals surface area contributed by atoms with Crippen LogP contribution in [0.4, 0.5) is 0 Å². The summed E-state index contributed by atoms with van der Waals surface area (Å²) in [4.78, 5) is 24.0. The van der Waals surface area contributed by atoms with Gasteiger partial charge >= 0.3 is 0 Å². The van der Waals surface area contributed by atoms with Crippen molar-refractivity contribution in [2.75, 3.05) is 7.11 Å². The van der Waals surface area contributed by atoms with Gasteiger partial charge in [0.15, 0.2) is 11.5 Å². The summed E-state index contributed by atoms with van der Waals surface area (Å²) in [5, 5.41) is 0. The molecule has 2 aliphatic rings. The van der Waals surface area contributed by atoms with Gasteiger partial charge in [0, 0.05) is 29.1 Å². The number of ether oxygens (including phenoxy) is 1. The molecule has 0 heterocycles. The number of hydrogen-bond acceptors (Lipinski definition) is 3. The molecule has 0 aromatic rings. The predicted molar refractivity (Wildman–Crippen MR) is 59.6 cm³/mol. The van der Waals surface area contributed by atoms with Crippen molar-refractivity contribution in [2.24, 2.45) is 11.8 Å². The molecular formula is C13H14O3. The maximum atomic E-state index is 12.1. The van der Waals surface area contributed by atoms with Gasteiger partial charge in [-0.05, 0) is 0 Å². The first-order valence-electron chi connectivity index (χ1n) is 5.33. The smallest absolute Gasteiger partial charge is 0.224 e. The summed E-state index contributed by atoms with van der Waals surface area (Å²) in [5.74, 6) is -0.104. The Balaban J connectivity index is 2.53. The minimum Gasteiger partial charge on any atom is -0.493 e. The summed E-state index contributed by atoms with van der Waals surface area (Å²) in [7, 11) is 1.41. The molecule has 3 heteroatoms. The van der Waals surface area contributed by atoms with Crippen LogP contribution in [0, 0.1) is 11.8 Å². The predicted octanol–water partition coefficient (Wildman–Crippen LogP) is 1.81. The van der Waals surface area contributed by atoms with Gasteiger partial charge in [-0.1, -0.05) is 26.0 Å². The molecule has 16 heavy (non-hydrogen) atoms. The SMILES string of the molecule is COC1=CC(=O)C2=C(C1=O)[C@@H](C)C=C[C@@H]2C. The van der Waals surface area contributed by atoms with Crippen LogP contribution in [0.1, 0.15) is 13.8 Å². The molecule has 3 nitrogen and oxygen atoms in total. The standard InChI is InChI=1S/C13H14O3/c1-7-4-5-8(2)12-11(7)9(14)6-10(16-3)13(12)15/h4-8H,1-3H3/t7-,8-/m0/s1. The monoisotopic (exact) mass is 218 g/mol. The van der Waals surface area contributed by atoms with Crippen molar-refractivity contribution >= 4 is 11.6 Å². The third kappa shape index (κ3) is 1.43. The van der Waals surface area contributed by atoms with Gasteiger partial charge < -0.3 is 4.74 Å². The summed E-state index contributed by atoms with van der Waals surface area (Å²) in [5.41, 5.74) is 1.22. The van der Waals surface area contributed by atoms with Crippen LogP contribution < -0.4 is 0 Å². The Bertz CT molecular complexity index is 452. The van der Waals surface area contributed by atoms with Gasteiger partial charge in [0.25, 0.3) is 0 Å². The Kier molecular flexibility index (Phi) is 2.54. The molecule has 2 atom stereocenters. The van der Waals surface area contributed by atoms with E-state index in [1.54, 1.807) is 0 Å². The maximum Gasteiger partial charge on any atom is 0.224 e. The zero-order valence-electron chi connectivity index (χ0n) is 9.61. The number of Topliss-reactive ketones (excluding diaryl/α,β-unsaturated/α-hetero) is 1. The first-order valence-corrected chi connectivity index (χ1v) is 5.33. The molecule has 0 saturated carbocycles. The number of carbonyl (C=O) groups is 2. The Morgan fingerprint density at radius 3 is 2.19 bits per heavy atom. The molecule has 0 aliphatic heterocycles. The fourth-order valence-corrected chi connectivity index (χ4v) is 2.25. The molecule has 0 unspecified atom stereocenters. The highest BCUT2D eigenvalue weighted by Crippen LogP contribution is 2.34. The fourth-order valence-electron chi connectivity index (χ4n) is 2.25. The minimum atomic E-state index is -0.152. The zero-order chi connectivity index (χ0) is 11.9. The van der Waals surface area contributed by atoms with Crippen LogP contribution in [0.5, 0.6) is 0 Å². The summed E-state index contributed by atoms with van der Waals surface area (Å²) in [6, 6.07) is 0. The Hall–Kier alpha value is -1.64. The van der Waals surface area contributed by atoms with Crippen molar-refractivity contribution in [1.82, 2.24) is 0 Å². The third-order valence-electron chi connectivity index (χ3n) is 3.11. The molecule has 0 aromatic heterocycles. The van der Waals surface area contributed by atoms with Crippen molar-refractivity contribution in [2.45, 2.75) is 13.8 Å². The van der Waals surface area contributed by atoms with Gasteiger partial charge in [0.05, 0.1) is 7.11 Å². The number of ketones is 2. The van der Waals surface area contributed by atoms with E-state index in [0.29, 0.717) is 11.1 Å². The lowest BCUT2D eigenvalue weighted by Crippen LogP contribution is -2.28. The van der Waals surface area contributed by atoms with Gasteiger partial charge in [-0.25, -0.2) is 0 Å². The van der Waals surface area contributed by atoms with E-state index in [1.807, 2.05) is 26.0 Å². The lowest BCUT2D eigenvalue weighted by molar-refractivity contribution is -0.118. The van der Waals surface area contributed by atoms with Gasteiger partial charge in [-0.15, -0.1) is 0 Å². The van der Waals surface area contributed by atoms with E-state index in [9.17, 15) is 9.59 Å². The maximum absolute atomic E-state index is 12.1. The summed E-state index contributed by atoms with van der Waals surface area (Å²) >= 11 is 0. The second-order valence-electron chi connectivity index (χ2n) is 4.20. The molecule has 0 radical (unpaired) electrons. The second-order valence-corrected chi connectivity index (χ2v) is 4.20. The van der Waals surface area contributed by atoms with Crippen molar-refractivity contribution in [3.8, 4) is 0 Å². The largest absolute Gasteiger partial charge is 0.493 e. The van der Waals surface area contributed by atoms with E-state index >= 15 is 0 Å². The highest BCUT2D eigenvalue weighted by molar-refractivity contribution is 6.22. The number of allylic oxidation sites excluding steroid dienone is 5. The van der Waals surface area contributed by atoms with Crippen molar-refractivity contribution in [1.29, 1.82) is 0 Å². The van der Waals surface area contributed by atoms with E-state index in [0.717, 1.165) is 0 Å². The molecule has 0 saturated heterocycles. The molecule has 84 valence electrons. The summed E-state index contributed by atoms with van der Waals surface area (Å²) in [6.45, 7) is 3.84. The van der Waals surface area contributed by atoms with E-state index in [-0.39, 0.29) is 29.2 Å². The van der Waals surface area contributed by atoms with Crippen molar-refractivity contribution in [3.05, 3.63) is 35.1 Å². The topological polar surface area (TPSA) is 43.4 Å². The second kappa shape index (κ2) is 3.74. The molecule has 0 aromatic carbocycles. The Morgan fingerprint density at radius 1 is 1.06 bits per heavy atom. The van der Waals surface area contributed by atoms with Crippen molar-refractivity contribution in [3.63, 3.8) is 0 Å². The molecule has 0 N–H and O–H groups in total. The van der Waals surface area contributed by atoms with E-state index in [2.05, 4.69) is 0 Å². The Morgan fingerprint density at radius 2 is 1.62 bits per heavy atom. The average molecular weight is 218 g/mol. The van der Waals surface area contributed by atoms with Crippen LogP contribution in [-0.2, 0) is 14.3 Å². The first kappa shape index (κ1) is 10.9. The fraction of sp³-hybridized carbons (Fsp3) is 0.385. The van der Waals surface area contributed by atoms with Gasteiger partial charge in [0.2, 0.25) is 5.78 Å². The van der Waals surface area contributed by atoms with Crippen molar-refractivity contribution < 1.29 is 14.3 Å². The summed E-state index contributed by atoms with van der Waals surface area (Å²) < 4.78 is 4.94. The van der Waals surface area contributed by atoms with Crippen LogP contribution in [0.15, 0.2) is 35.1 Å². The van der Waals surface area contributed by atoms with Crippen LogP contribution in [0.25, 0.3) is 0 Å². The number of carbonyl (C=O) groups excluding carboxylic acids is 2. The van der Waals surface area contributed by atoms with Gasteiger partial charge in [0.1, 0.15) is 0 Å². The molecule has 0 fully saturated rings. The number of hydrogen-bond donors (Lipinski definition) is 0. The molecule has 0 spiro atoms. The van der Waals surface area contributed by atoms with Gasteiger partial charge in [-0.2, -0.15) is 0 Å². The lowest BCUT2D eigenvalue weighted by atomic mass is 9.76. The molecule has 0 bridgehead atoms. The zero-order valence-corrected chi connectivity index (χ0v) is 9.61. The van der Waals surface area contributed by atoms with E-state index in [1.165, 1.54) is 13.2 Å². The quantitative estimate of drug-likeness (QED) is 0.498. The first-order chi connectivity index (χ1) is 7.56. The summed E-state index contributed by atoms with van der Waals surface area (Å²) in [6.07, 6.45) is 5.23. The highest BCUT2D eigenvalue weighted by atomic mass is 16.5. The minimum absolute atomic E-state index is 0.0114. The van der Waals surface area contributed by atoms with Crippen LogP contribution in [-0.4, -0.2) is 18.7 Å². The number of methoxy groups -OCH3 is 1. The lowest BCUT2D eigenvalue weighted by Gasteiger charge is -2.27. The van der Waals surface area contributed by atoms with Crippen LogP contribution in [0.2, 0.25) is 0 Å². The normalized spacial score (nSPS) is 29.1. The highest BCUT2D eigenvalue weighted by Gasteiger charge is 2.35. The van der Waals surface area contributed by atoms with E-state index < -0.39 is 0 Å². The third-order valence-corrected chi connectivity index (χ3v) is 3.11. The Labute approximate surface area is 94.5 Å². The van der Waals surface area contributed by atoms with Crippen LogP contribution >= 0.6 is 0 Å². The molecule has 2 rings (SSSR count). The molecule has 2 aliphatic carbocycles. The van der Waals surface area contributed by atoms with E-state index in [4.69, 9.17) is 4.74 Å². The molecular weight excluding hydrogens is 204 g/mol. The average Bonchev–Trinajstić information content (AvgIpc) is 2.26. The molecule has 0 amide bonds.